The van der Waals surface area contributed by atoms with Gasteiger partial charge in [0, 0.05) is 32.3 Å². The zero-order chi connectivity index (χ0) is 13.0. The molecule has 0 amide bonds. The fourth-order valence-corrected chi connectivity index (χ4v) is 2.07. The second-order valence-corrected chi connectivity index (χ2v) is 4.82. The van der Waals surface area contributed by atoms with E-state index in [4.69, 9.17) is 0 Å². The minimum atomic E-state index is 0.383. The van der Waals surface area contributed by atoms with Crippen LogP contribution in [0.1, 0.15) is 29.8 Å². The fourth-order valence-electron chi connectivity index (χ4n) is 2.07. The average molecular weight is 243 g/mol. The van der Waals surface area contributed by atoms with Gasteiger partial charge in [-0.15, -0.1) is 0 Å². The molecule has 0 aliphatic heterocycles. The lowest BCUT2D eigenvalue weighted by atomic mass is 10.1. The maximum Gasteiger partial charge on any atom is 0.0637 e. The summed E-state index contributed by atoms with van der Waals surface area (Å²) in [5.74, 6) is 0. The van der Waals surface area contributed by atoms with Gasteiger partial charge in [0.15, 0.2) is 0 Å². The van der Waals surface area contributed by atoms with Gasteiger partial charge in [-0.05, 0) is 25.5 Å². The molecule has 1 N–H and O–H groups in total. The molecule has 18 heavy (non-hydrogen) atoms. The summed E-state index contributed by atoms with van der Waals surface area (Å²) >= 11 is 0. The summed E-state index contributed by atoms with van der Waals surface area (Å²) in [6.07, 6.45) is 2.95. The highest BCUT2D eigenvalue weighted by molar-refractivity contribution is 5.24. The summed E-state index contributed by atoms with van der Waals surface area (Å²) in [4.78, 5) is 0. The van der Waals surface area contributed by atoms with Gasteiger partial charge in [0.25, 0.3) is 0 Å². The highest BCUT2D eigenvalue weighted by atomic mass is 15.2. The Balaban J connectivity index is 1.83. The van der Waals surface area contributed by atoms with Crippen LogP contribution in [0.25, 0.3) is 0 Å². The topological polar surface area (TPSA) is 29.9 Å². The second kappa shape index (κ2) is 5.83. The van der Waals surface area contributed by atoms with Crippen molar-refractivity contribution < 1.29 is 0 Å². The summed E-state index contributed by atoms with van der Waals surface area (Å²) < 4.78 is 1.85. The van der Waals surface area contributed by atoms with E-state index in [1.54, 1.807) is 0 Å². The molecule has 0 radical (unpaired) electrons. The Labute approximate surface area is 109 Å². The molecule has 3 heteroatoms. The number of aromatic nitrogens is 2. The van der Waals surface area contributed by atoms with Crippen molar-refractivity contribution in [2.75, 3.05) is 6.54 Å². The van der Waals surface area contributed by atoms with Crippen molar-refractivity contribution in [3.8, 4) is 0 Å². The van der Waals surface area contributed by atoms with E-state index in [0.717, 1.165) is 18.7 Å². The quantitative estimate of drug-likeness (QED) is 0.875. The lowest BCUT2D eigenvalue weighted by Gasteiger charge is -2.14. The van der Waals surface area contributed by atoms with Gasteiger partial charge in [-0.3, -0.25) is 4.68 Å². The zero-order valence-electron chi connectivity index (χ0n) is 11.4. The molecule has 1 aromatic carbocycles. The predicted octanol–water partition coefficient (Wildman–Crippen LogP) is 2.62. The van der Waals surface area contributed by atoms with Crippen LogP contribution in [0, 0.1) is 6.92 Å². The van der Waals surface area contributed by atoms with Crippen LogP contribution in [0.3, 0.4) is 0 Å². The molecular weight excluding hydrogens is 222 g/mol. The van der Waals surface area contributed by atoms with E-state index in [1.165, 1.54) is 11.1 Å². The molecule has 3 nitrogen and oxygen atoms in total. The third kappa shape index (κ3) is 3.44. The van der Waals surface area contributed by atoms with E-state index in [9.17, 15) is 0 Å². The first-order chi connectivity index (χ1) is 8.65. The van der Waals surface area contributed by atoms with Gasteiger partial charge in [0.2, 0.25) is 0 Å². The van der Waals surface area contributed by atoms with Crippen molar-refractivity contribution >= 4 is 0 Å². The largest absolute Gasteiger partial charge is 0.310 e. The fraction of sp³-hybridized carbons (Fsp3) is 0.400. The number of hydrogen-bond donors (Lipinski definition) is 1. The molecule has 2 aromatic rings. The molecule has 0 aliphatic carbocycles. The van der Waals surface area contributed by atoms with E-state index in [-0.39, 0.29) is 0 Å². The molecular formula is C15H21N3. The van der Waals surface area contributed by atoms with Crippen LogP contribution in [0.5, 0.6) is 0 Å². The van der Waals surface area contributed by atoms with Crippen molar-refractivity contribution in [2.45, 2.75) is 26.3 Å². The van der Waals surface area contributed by atoms with Crippen LogP contribution in [-0.4, -0.2) is 16.3 Å². The molecule has 0 aliphatic rings. The Morgan fingerprint density at radius 2 is 2.17 bits per heavy atom. The minimum absolute atomic E-state index is 0.383. The third-order valence-corrected chi connectivity index (χ3v) is 3.14. The summed E-state index contributed by atoms with van der Waals surface area (Å²) in [6, 6.07) is 11.1. The summed E-state index contributed by atoms with van der Waals surface area (Å²) in [6.45, 7) is 5.28. The third-order valence-electron chi connectivity index (χ3n) is 3.14. The molecule has 0 saturated heterocycles. The number of rotatable bonds is 5. The molecule has 96 valence electrons. The van der Waals surface area contributed by atoms with Crippen molar-refractivity contribution in [1.82, 2.24) is 15.1 Å². The van der Waals surface area contributed by atoms with Crippen LogP contribution >= 0.6 is 0 Å². The van der Waals surface area contributed by atoms with E-state index < -0.39 is 0 Å². The van der Waals surface area contributed by atoms with Crippen LogP contribution in [0.15, 0.2) is 36.5 Å². The van der Waals surface area contributed by atoms with E-state index in [0.29, 0.717) is 6.04 Å². The molecule has 1 aromatic heterocycles. The first-order valence-corrected chi connectivity index (χ1v) is 6.43. The van der Waals surface area contributed by atoms with Crippen LogP contribution < -0.4 is 5.32 Å². The second-order valence-electron chi connectivity index (χ2n) is 4.82. The maximum absolute atomic E-state index is 4.37. The van der Waals surface area contributed by atoms with Gasteiger partial charge in [-0.25, -0.2) is 0 Å². The first kappa shape index (κ1) is 12.8. The van der Waals surface area contributed by atoms with Crippen molar-refractivity contribution in [3.05, 3.63) is 53.3 Å². The van der Waals surface area contributed by atoms with Gasteiger partial charge >= 0.3 is 0 Å². The Morgan fingerprint density at radius 3 is 2.83 bits per heavy atom. The molecule has 1 atom stereocenters. The summed E-state index contributed by atoms with van der Waals surface area (Å²) in [7, 11) is 1.95. The molecule has 0 fully saturated rings. The molecule has 0 spiro atoms. The number of hydrogen-bond acceptors (Lipinski definition) is 2. The van der Waals surface area contributed by atoms with E-state index in [2.05, 4.69) is 54.6 Å². The van der Waals surface area contributed by atoms with Crippen molar-refractivity contribution in [3.63, 3.8) is 0 Å². The van der Waals surface area contributed by atoms with Gasteiger partial charge in [0.05, 0.1) is 5.69 Å². The van der Waals surface area contributed by atoms with Crippen molar-refractivity contribution in [1.29, 1.82) is 0 Å². The van der Waals surface area contributed by atoms with E-state index in [1.807, 2.05) is 17.9 Å². The highest BCUT2D eigenvalue weighted by Crippen LogP contribution is 2.13. The summed E-state index contributed by atoms with van der Waals surface area (Å²) in [5, 5.41) is 7.91. The Bertz CT molecular complexity index is 502. The van der Waals surface area contributed by atoms with E-state index >= 15 is 0 Å². The SMILES string of the molecule is Cc1cccc(C(C)NCCc2ccn(C)n2)c1. The average Bonchev–Trinajstić information content (AvgIpc) is 2.75. The van der Waals surface area contributed by atoms with Crippen LogP contribution in [-0.2, 0) is 13.5 Å². The molecule has 2 rings (SSSR count). The van der Waals surface area contributed by atoms with Crippen molar-refractivity contribution in [2.24, 2.45) is 7.05 Å². The Morgan fingerprint density at radius 1 is 1.33 bits per heavy atom. The molecule has 0 saturated carbocycles. The lowest BCUT2D eigenvalue weighted by Crippen LogP contribution is -2.21. The molecule has 1 heterocycles. The Hall–Kier alpha value is -1.61. The standard InChI is InChI=1S/C15H21N3/c1-12-5-4-6-14(11-12)13(2)16-9-7-15-8-10-18(3)17-15/h4-6,8,10-11,13,16H,7,9H2,1-3H3. The van der Waals surface area contributed by atoms with Crippen LogP contribution in [0.4, 0.5) is 0 Å². The number of nitrogens with zero attached hydrogens (tertiary/aromatic N) is 2. The number of benzene rings is 1. The summed E-state index contributed by atoms with van der Waals surface area (Å²) in [5.41, 5.74) is 3.79. The smallest absolute Gasteiger partial charge is 0.0637 e. The number of aryl methyl sites for hydroxylation is 2. The first-order valence-electron chi connectivity index (χ1n) is 6.43. The molecule has 0 bridgehead atoms. The van der Waals surface area contributed by atoms with Gasteiger partial charge in [-0.1, -0.05) is 29.8 Å². The Kier molecular flexibility index (Phi) is 4.15. The van der Waals surface area contributed by atoms with Crippen LogP contribution in [0.2, 0.25) is 0 Å². The minimum Gasteiger partial charge on any atom is -0.310 e. The lowest BCUT2D eigenvalue weighted by molar-refractivity contribution is 0.571. The monoisotopic (exact) mass is 243 g/mol. The van der Waals surface area contributed by atoms with Gasteiger partial charge in [0.1, 0.15) is 0 Å². The maximum atomic E-state index is 4.37. The zero-order valence-corrected chi connectivity index (χ0v) is 11.4. The normalized spacial score (nSPS) is 12.6. The van der Waals surface area contributed by atoms with Gasteiger partial charge in [-0.2, -0.15) is 5.10 Å². The van der Waals surface area contributed by atoms with Gasteiger partial charge < -0.3 is 5.32 Å². The molecule has 1 unspecified atom stereocenters. The highest BCUT2D eigenvalue weighted by Gasteiger charge is 2.04. The predicted molar refractivity (Wildman–Crippen MR) is 74.5 cm³/mol. The number of nitrogens with one attached hydrogen (secondary N) is 1.